The summed E-state index contributed by atoms with van der Waals surface area (Å²) < 4.78 is 21.5. The molecule has 0 aromatic carbocycles. The van der Waals surface area contributed by atoms with Crippen LogP contribution in [0, 0.1) is 0 Å². The summed E-state index contributed by atoms with van der Waals surface area (Å²) in [4.78, 5) is 0. The predicted molar refractivity (Wildman–Crippen MR) is 64.2 cm³/mol. The van der Waals surface area contributed by atoms with Crippen LogP contribution in [0.5, 0.6) is 0 Å². The van der Waals surface area contributed by atoms with Crippen LogP contribution in [0.15, 0.2) is 0 Å². The molecule has 0 saturated carbocycles. The third-order valence-electron chi connectivity index (χ3n) is 2.24. The maximum atomic E-state index is 5.84. The van der Waals surface area contributed by atoms with Gasteiger partial charge in [0.15, 0.2) is 0 Å². The number of nitrogens with two attached hydrogens (primary N) is 1. The summed E-state index contributed by atoms with van der Waals surface area (Å²) in [7, 11) is 0.773. The Balaban J connectivity index is 4.45. The Morgan fingerprint density at radius 2 is 1.60 bits per heavy atom. The highest BCUT2D eigenvalue weighted by atomic mass is 28.4. The maximum absolute atomic E-state index is 5.84. The molecule has 0 rings (SSSR count). The first-order chi connectivity index (χ1) is 7.05. The average Bonchev–Trinajstić information content (AvgIpc) is 2.24. The topological polar surface area (TPSA) is 62.9 Å². The summed E-state index contributed by atoms with van der Waals surface area (Å²) in [6.45, 7) is 5.03. The van der Waals surface area contributed by atoms with Crippen LogP contribution in [-0.4, -0.2) is 51.4 Å². The van der Waals surface area contributed by atoms with E-state index < -0.39 is 17.8 Å². The largest absolute Gasteiger partial charge is 0.678 e. The zero-order chi connectivity index (χ0) is 11.9. The van der Waals surface area contributed by atoms with Crippen molar-refractivity contribution < 1.29 is 17.7 Å². The maximum Gasteiger partial charge on any atom is 0.678 e. The third kappa shape index (κ3) is 4.72. The average molecular weight is 253 g/mol. The Labute approximate surface area is 94.9 Å². The molecule has 0 heterocycles. The van der Waals surface area contributed by atoms with Crippen LogP contribution in [0.2, 0.25) is 13.1 Å². The molecule has 1 unspecified atom stereocenters. The minimum atomic E-state index is -2.90. The van der Waals surface area contributed by atoms with Crippen molar-refractivity contribution in [2.24, 2.45) is 5.73 Å². The number of rotatable bonds is 8. The van der Waals surface area contributed by atoms with Crippen LogP contribution in [-0.2, 0) is 17.7 Å². The molecule has 0 aliphatic rings. The Hall–Kier alpha value is 0.234. The first-order valence-corrected chi connectivity index (χ1v) is 9.69. The van der Waals surface area contributed by atoms with Crippen LogP contribution < -0.4 is 5.73 Å². The first kappa shape index (κ1) is 15.2. The third-order valence-corrected chi connectivity index (χ3v) is 6.56. The van der Waals surface area contributed by atoms with E-state index in [0.29, 0.717) is 6.54 Å². The smallest absolute Gasteiger partial charge is 0.355 e. The Morgan fingerprint density at radius 3 is 1.87 bits per heavy atom. The second-order valence-corrected chi connectivity index (χ2v) is 9.28. The van der Waals surface area contributed by atoms with Crippen molar-refractivity contribution in [2.45, 2.75) is 25.2 Å². The van der Waals surface area contributed by atoms with Gasteiger partial charge in [-0.25, -0.2) is 0 Å². The molecular formula is C8H23NO4Si2. The SMILES string of the molecule is CO[Si](OC)(OC)OC(CCN)[SiH](C)C. The van der Waals surface area contributed by atoms with Gasteiger partial charge in [0.05, 0.1) is 8.80 Å². The van der Waals surface area contributed by atoms with Crippen molar-refractivity contribution in [1.82, 2.24) is 0 Å². The highest BCUT2D eigenvalue weighted by Gasteiger charge is 2.45. The van der Waals surface area contributed by atoms with Crippen LogP contribution in [0.4, 0.5) is 0 Å². The van der Waals surface area contributed by atoms with Gasteiger partial charge in [-0.05, 0) is 13.0 Å². The van der Waals surface area contributed by atoms with E-state index in [1.807, 2.05) is 0 Å². The van der Waals surface area contributed by atoms with Gasteiger partial charge in [0.25, 0.3) is 0 Å². The van der Waals surface area contributed by atoms with Gasteiger partial charge in [-0.15, -0.1) is 0 Å². The standard InChI is InChI=1S/C8H23NO4Si2/c1-10-15(11-2,12-3)13-8(6-7-9)14(4)5/h8,14H,6-7,9H2,1-5H3. The zero-order valence-corrected chi connectivity index (χ0v) is 12.4. The van der Waals surface area contributed by atoms with Gasteiger partial charge in [-0.2, -0.15) is 0 Å². The summed E-state index contributed by atoms with van der Waals surface area (Å²) in [6.07, 6.45) is 0.828. The molecule has 0 radical (unpaired) electrons. The van der Waals surface area contributed by atoms with E-state index in [9.17, 15) is 0 Å². The van der Waals surface area contributed by atoms with Gasteiger partial charge in [0, 0.05) is 27.1 Å². The molecular weight excluding hydrogens is 230 g/mol. The summed E-state index contributed by atoms with van der Waals surface area (Å²) in [5, 5.41) is 0. The van der Waals surface area contributed by atoms with Gasteiger partial charge in [0.1, 0.15) is 0 Å². The van der Waals surface area contributed by atoms with Crippen LogP contribution in [0.1, 0.15) is 6.42 Å². The molecule has 7 heteroatoms. The molecule has 92 valence electrons. The molecule has 0 saturated heterocycles. The Bertz CT molecular complexity index is 158. The van der Waals surface area contributed by atoms with E-state index >= 15 is 0 Å². The lowest BCUT2D eigenvalue weighted by Crippen LogP contribution is -2.51. The normalized spacial score (nSPS) is 14.6. The molecule has 0 fully saturated rings. The highest BCUT2D eigenvalue weighted by Crippen LogP contribution is 2.15. The van der Waals surface area contributed by atoms with E-state index in [1.54, 1.807) is 21.3 Å². The fourth-order valence-corrected chi connectivity index (χ4v) is 5.00. The van der Waals surface area contributed by atoms with Crippen LogP contribution >= 0.6 is 0 Å². The molecule has 0 amide bonds. The molecule has 5 nitrogen and oxygen atoms in total. The van der Waals surface area contributed by atoms with Crippen molar-refractivity contribution in [3.8, 4) is 0 Å². The van der Waals surface area contributed by atoms with Gasteiger partial charge in [0.2, 0.25) is 0 Å². The lowest BCUT2D eigenvalue weighted by Gasteiger charge is -2.29. The summed E-state index contributed by atoms with van der Waals surface area (Å²) in [5.74, 6) is 0. The quantitative estimate of drug-likeness (QED) is 0.623. The number of hydrogen-bond donors (Lipinski definition) is 1. The molecule has 2 N–H and O–H groups in total. The van der Waals surface area contributed by atoms with Crippen molar-refractivity contribution in [3.05, 3.63) is 0 Å². The second kappa shape index (κ2) is 7.50. The minimum absolute atomic E-state index is 0.140. The molecule has 15 heavy (non-hydrogen) atoms. The second-order valence-electron chi connectivity index (χ2n) is 3.59. The molecule has 0 aliphatic carbocycles. The zero-order valence-electron chi connectivity index (χ0n) is 10.3. The first-order valence-electron chi connectivity index (χ1n) is 5.08. The molecule has 0 bridgehead atoms. The van der Waals surface area contributed by atoms with Gasteiger partial charge in [-0.1, -0.05) is 13.1 Å². The van der Waals surface area contributed by atoms with E-state index in [4.69, 9.17) is 23.4 Å². The van der Waals surface area contributed by atoms with E-state index in [0.717, 1.165) is 6.42 Å². The summed E-state index contributed by atoms with van der Waals surface area (Å²) >= 11 is 0. The molecule has 0 aliphatic heterocycles. The van der Waals surface area contributed by atoms with Gasteiger partial charge >= 0.3 is 9.05 Å². The Morgan fingerprint density at radius 1 is 1.13 bits per heavy atom. The van der Waals surface area contributed by atoms with Crippen LogP contribution in [0.25, 0.3) is 0 Å². The van der Waals surface area contributed by atoms with E-state index in [1.165, 1.54) is 0 Å². The van der Waals surface area contributed by atoms with E-state index in [2.05, 4.69) is 13.1 Å². The lowest BCUT2D eigenvalue weighted by atomic mass is 10.5. The lowest BCUT2D eigenvalue weighted by molar-refractivity contribution is -0.00556. The molecule has 0 spiro atoms. The van der Waals surface area contributed by atoms with Crippen molar-refractivity contribution in [3.63, 3.8) is 0 Å². The van der Waals surface area contributed by atoms with Crippen molar-refractivity contribution in [2.75, 3.05) is 27.9 Å². The monoisotopic (exact) mass is 253 g/mol. The van der Waals surface area contributed by atoms with E-state index in [-0.39, 0.29) is 5.73 Å². The molecule has 1 atom stereocenters. The van der Waals surface area contributed by atoms with Gasteiger partial charge < -0.3 is 23.4 Å². The summed E-state index contributed by atoms with van der Waals surface area (Å²) in [6, 6.07) is 0. The highest BCUT2D eigenvalue weighted by molar-refractivity contribution is 6.60. The predicted octanol–water partition coefficient (Wildman–Crippen LogP) is 0.121. The van der Waals surface area contributed by atoms with Crippen molar-refractivity contribution >= 4 is 17.8 Å². The minimum Gasteiger partial charge on any atom is -0.355 e. The molecule has 0 aromatic heterocycles. The van der Waals surface area contributed by atoms with Crippen LogP contribution in [0.3, 0.4) is 0 Å². The number of hydrogen-bond acceptors (Lipinski definition) is 5. The fraction of sp³-hybridized carbons (Fsp3) is 1.00. The van der Waals surface area contributed by atoms with Gasteiger partial charge in [-0.3, -0.25) is 0 Å². The molecule has 0 aromatic rings. The summed E-state index contributed by atoms with van der Waals surface area (Å²) in [5.41, 5.74) is 5.69. The van der Waals surface area contributed by atoms with Crippen molar-refractivity contribution in [1.29, 1.82) is 0 Å². The fourth-order valence-electron chi connectivity index (χ4n) is 1.27. The Kier molecular flexibility index (Phi) is 7.61.